The van der Waals surface area contributed by atoms with Crippen molar-refractivity contribution in [2.75, 3.05) is 20.3 Å². The van der Waals surface area contributed by atoms with Gasteiger partial charge in [-0.05, 0) is 49.4 Å². The molecule has 1 saturated heterocycles. The minimum atomic E-state index is -4.90. The second-order valence-corrected chi connectivity index (χ2v) is 10.5. The van der Waals surface area contributed by atoms with E-state index < -0.39 is 19.3 Å². The summed E-state index contributed by atoms with van der Waals surface area (Å²) in [6.07, 6.45) is 4.07. The van der Waals surface area contributed by atoms with Crippen LogP contribution in [0.5, 0.6) is 0 Å². The molecule has 0 spiro atoms. The number of methoxy groups -OCH3 is 1. The molecule has 2 unspecified atom stereocenters. The number of esters is 1. The van der Waals surface area contributed by atoms with Crippen LogP contribution in [-0.4, -0.2) is 48.5 Å². The molecule has 31 heavy (non-hydrogen) atoms. The quantitative estimate of drug-likeness (QED) is 0.170. The molecule has 0 bridgehead atoms. The Labute approximate surface area is 205 Å². The molecule has 2 aliphatic carbocycles. The number of ether oxygens (including phenoxy) is 2. The number of phosphoric acid groups is 1. The number of aliphatic hydroxyl groups is 1. The summed E-state index contributed by atoms with van der Waals surface area (Å²) in [7, 11) is -3.35. The third-order valence-corrected chi connectivity index (χ3v) is 8.15. The number of rotatable bonds is 6. The van der Waals surface area contributed by atoms with E-state index in [0.717, 1.165) is 24.8 Å². The smallest absolute Gasteiger partial charge is 0.756 e. The van der Waals surface area contributed by atoms with Gasteiger partial charge in [0, 0.05) is 12.5 Å². The van der Waals surface area contributed by atoms with Crippen molar-refractivity contribution in [3.05, 3.63) is 23.8 Å². The topological polar surface area (TPSA) is 125 Å². The molecule has 3 aliphatic rings. The minimum Gasteiger partial charge on any atom is -0.756 e. The molecule has 0 aromatic carbocycles. The van der Waals surface area contributed by atoms with E-state index in [1.165, 1.54) is 0 Å². The summed E-state index contributed by atoms with van der Waals surface area (Å²) in [5.74, 6) is -0.353. The predicted octanol–water partition coefficient (Wildman–Crippen LogP) is -0.894. The maximum absolute atomic E-state index is 12.1. The Hall–Kier alpha value is -0.0200. The second-order valence-electron chi connectivity index (χ2n) is 9.33. The standard InChI is InChI=1S/C21H33O8P.Na/c1-13-5-8-17-20(2,10-9-18(22)21(17,3)12-29-30(24,25)26)15(13)7-6-14-16(27-4)11-28-19(14)23;/h6,15-18,22H,1,5,7-12H2,2-4H3,(H2,24,25,26);/q;+1/p-1/b14-6-;/t15-,16-,17?,18-,20+,21+;/m1./s1. The van der Waals surface area contributed by atoms with Crippen molar-refractivity contribution in [1.82, 2.24) is 0 Å². The molecule has 0 amide bonds. The molecule has 7 atom stereocenters. The van der Waals surface area contributed by atoms with E-state index in [9.17, 15) is 19.4 Å². The fourth-order valence-electron chi connectivity index (χ4n) is 5.95. The summed E-state index contributed by atoms with van der Waals surface area (Å²) in [6.45, 7) is 8.19. The average Bonchev–Trinajstić information content (AvgIpc) is 3.02. The third-order valence-electron chi connectivity index (χ3n) is 7.70. The minimum absolute atomic E-state index is 0. The van der Waals surface area contributed by atoms with Crippen LogP contribution in [-0.2, 0) is 23.4 Å². The van der Waals surface area contributed by atoms with E-state index in [4.69, 9.17) is 18.9 Å². The van der Waals surface area contributed by atoms with Gasteiger partial charge in [0.25, 0.3) is 7.82 Å². The normalized spacial score (nSPS) is 41.3. The molecule has 8 nitrogen and oxygen atoms in total. The van der Waals surface area contributed by atoms with Gasteiger partial charge in [-0.25, -0.2) is 4.79 Å². The second kappa shape index (κ2) is 10.1. The molecule has 2 saturated carbocycles. The van der Waals surface area contributed by atoms with Crippen LogP contribution in [0.25, 0.3) is 0 Å². The van der Waals surface area contributed by atoms with Crippen molar-refractivity contribution in [2.24, 2.45) is 22.7 Å². The molecule has 1 heterocycles. The Bertz CT molecular complexity index is 779. The monoisotopic (exact) mass is 466 g/mol. The van der Waals surface area contributed by atoms with Gasteiger partial charge in [0.15, 0.2) is 0 Å². The van der Waals surface area contributed by atoms with E-state index >= 15 is 0 Å². The van der Waals surface area contributed by atoms with Gasteiger partial charge in [-0.15, -0.1) is 0 Å². The summed E-state index contributed by atoms with van der Waals surface area (Å²) in [5, 5.41) is 10.8. The van der Waals surface area contributed by atoms with Crippen molar-refractivity contribution < 1.29 is 67.8 Å². The van der Waals surface area contributed by atoms with Crippen LogP contribution in [0.4, 0.5) is 0 Å². The van der Waals surface area contributed by atoms with Crippen molar-refractivity contribution in [3.63, 3.8) is 0 Å². The van der Waals surface area contributed by atoms with Gasteiger partial charge in [-0.1, -0.05) is 32.1 Å². The number of hydrogen-bond donors (Lipinski definition) is 2. The zero-order valence-electron chi connectivity index (χ0n) is 18.8. The summed E-state index contributed by atoms with van der Waals surface area (Å²) in [6, 6.07) is 0. The van der Waals surface area contributed by atoms with Crippen LogP contribution in [0.2, 0.25) is 0 Å². The SMILES string of the molecule is C=C1CCC2[C@](C)(COP(=O)([O-])O)[C@H](O)CC[C@@]2(C)[C@@H]1C/C=C1\C(=O)OC[C@H]1OC.[Na+]. The molecule has 3 fully saturated rings. The Morgan fingerprint density at radius 3 is 2.68 bits per heavy atom. The number of hydrogen-bond acceptors (Lipinski definition) is 7. The number of cyclic esters (lactones) is 1. The Morgan fingerprint density at radius 1 is 1.39 bits per heavy atom. The van der Waals surface area contributed by atoms with Gasteiger partial charge in [0.1, 0.15) is 12.7 Å². The molecular formula is C21H32NaO8P. The van der Waals surface area contributed by atoms with E-state index in [0.29, 0.717) is 18.4 Å². The first-order chi connectivity index (χ1) is 13.9. The van der Waals surface area contributed by atoms with Crippen LogP contribution in [0.15, 0.2) is 23.8 Å². The Balaban J connectivity index is 0.00000341. The van der Waals surface area contributed by atoms with Crippen molar-refractivity contribution in [1.29, 1.82) is 0 Å². The third kappa shape index (κ3) is 5.39. The van der Waals surface area contributed by atoms with Gasteiger partial charge in [0.2, 0.25) is 0 Å². The number of carbonyl (C=O) groups is 1. The molecule has 3 rings (SSSR count). The molecule has 0 radical (unpaired) electrons. The maximum atomic E-state index is 12.1. The van der Waals surface area contributed by atoms with Crippen molar-refractivity contribution in [2.45, 2.75) is 58.2 Å². The van der Waals surface area contributed by atoms with Crippen LogP contribution >= 0.6 is 7.82 Å². The van der Waals surface area contributed by atoms with E-state index in [-0.39, 0.29) is 72.1 Å². The molecule has 10 heteroatoms. The van der Waals surface area contributed by atoms with Gasteiger partial charge in [0.05, 0.1) is 18.3 Å². The summed E-state index contributed by atoms with van der Waals surface area (Å²) in [4.78, 5) is 32.4. The van der Waals surface area contributed by atoms with Gasteiger partial charge in [-0.2, -0.15) is 0 Å². The Morgan fingerprint density at radius 2 is 2.06 bits per heavy atom. The number of carbonyl (C=O) groups excluding carboxylic acids is 1. The number of phosphoric ester groups is 1. The van der Waals surface area contributed by atoms with Crippen LogP contribution in [0, 0.1) is 22.7 Å². The van der Waals surface area contributed by atoms with Gasteiger partial charge in [-0.3, -0.25) is 4.57 Å². The van der Waals surface area contributed by atoms with E-state index in [1.807, 2.05) is 13.0 Å². The maximum Gasteiger partial charge on any atom is 1.00 e. The summed E-state index contributed by atoms with van der Waals surface area (Å²) in [5.41, 5.74) is 0.508. The molecule has 0 aromatic heterocycles. The molecule has 2 N–H and O–H groups in total. The zero-order chi connectivity index (χ0) is 22.3. The number of fused-ring (bicyclic) bond motifs is 1. The number of allylic oxidation sites excluding steroid dienone is 2. The largest absolute Gasteiger partial charge is 1.00 e. The first-order valence-corrected chi connectivity index (χ1v) is 11.9. The van der Waals surface area contributed by atoms with Crippen molar-refractivity contribution >= 4 is 13.8 Å². The summed E-state index contributed by atoms with van der Waals surface area (Å²) < 4.78 is 26.4. The van der Waals surface area contributed by atoms with Crippen molar-refractivity contribution in [3.8, 4) is 0 Å². The fraction of sp³-hybridized carbons (Fsp3) is 0.762. The van der Waals surface area contributed by atoms with E-state index in [1.54, 1.807) is 7.11 Å². The van der Waals surface area contributed by atoms with Crippen LogP contribution in [0.3, 0.4) is 0 Å². The molecule has 170 valence electrons. The van der Waals surface area contributed by atoms with Gasteiger partial charge >= 0.3 is 35.5 Å². The fourth-order valence-corrected chi connectivity index (χ4v) is 6.39. The first kappa shape index (κ1) is 27.2. The van der Waals surface area contributed by atoms with Crippen LogP contribution < -0.4 is 34.5 Å². The average molecular weight is 466 g/mol. The molecule has 1 aliphatic heterocycles. The molecular weight excluding hydrogens is 434 g/mol. The van der Waals surface area contributed by atoms with Gasteiger partial charge < -0.3 is 28.9 Å². The Kier molecular flexibility index (Phi) is 8.85. The number of aliphatic hydroxyl groups excluding tert-OH is 1. The summed E-state index contributed by atoms with van der Waals surface area (Å²) >= 11 is 0. The van der Waals surface area contributed by atoms with Crippen LogP contribution in [0.1, 0.15) is 46.0 Å². The zero-order valence-corrected chi connectivity index (χ0v) is 21.7. The first-order valence-electron chi connectivity index (χ1n) is 10.4. The molecule has 0 aromatic rings. The predicted molar refractivity (Wildman–Crippen MR) is 107 cm³/mol. The van der Waals surface area contributed by atoms with E-state index in [2.05, 4.69) is 13.5 Å².